The second-order valence-corrected chi connectivity index (χ2v) is 6.66. The molecule has 0 radical (unpaired) electrons. The Balaban J connectivity index is 2.14. The van der Waals surface area contributed by atoms with E-state index >= 15 is 0 Å². The van der Waals surface area contributed by atoms with E-state index in [-0.39, 0.29) is 0 Å². The average Bonchev–Trinajstić information content (AvgIpc) is 3.04. The van der Waals surface area contributed by atoms with Crippen LogP contribution in [0.25, 0.3) is 11.4 Å². The monoisotopic (exact) mass is 305 g/mol. The molecule has 2 aromatic carbocycles. The van der Waals surface area contributed by atoms with Crippen LogP contribution < -0.4 is 4.57 Å². The first-order chi connectivity index (χ1) is 11.1. The number of hydrogen-bond donors (Lipinski definition) is 0. The molecule has 2 nitrogen and oxygen atoms in total. The van der Waals surface area contributed by atoms with Crippen LogP contribution in [0, 0.1) is 0 Å². The molecule has 0 aliphatic rings. The van der Waals surface area contributed by atoms with E-state index < -0.39 is 0 Å². The molecule has 0 atom stereocenters. The highest BCUT2D eigenvalue weighted by atomic mass is 15.1. The third kappa shape index (κ3) is 3.07. The second kappa shape index (κ2) is 6.41. The van der Waals surface area contributed by atoms with E-state index in [1.165, 1.54) is 22.5 Å². The predicted octanol–water partition coefficient (Wildman–Crippen LogP) is 5.00. The van der Waals surface area contributed by atoms with Gasteiger partial charge in [0.05, 0.1) is 0 Å². The Kier molecular flexibility index (Phi) is 4.33. The zero-order chi connectivity index (χ0) is 16.4. The number of aromatic nitrogens is 2. The molecule has 0 bridgehead atoms. The van der Waals surface area contributed by atoms with Gasteiger partial charge in [-0.15, -0.1) is 0 Å². The van der Waals surface area contributed by atoms with Gasteiger partial charge in [0.15, 0.2) is 0 Å². The van der Waals surface area contributed by atoms with Crippen molar-refractivity contribution < 1.29 is 4.57 Å². The molecule has 0 saturated heterocycles. The van der Waals surface area contributed by atoms with Gasteiger partial charge in [-0.3, -0.25) is 0 Å². The third-order valence-corrected chi connectivity index (χ3v) is 4.29. The van der Waals surface area contributed by atoms with Crippen molar-refractivity contribution in [3.63, 3.8) is 0 Å². The number of benzene rings is 2. The molecule has 0 fully saturated rings. The van der Waals surface area contributed by atoms with Crippen LogP contribution >= 0.6 is 0 Å². The lowest BCUT2D eigenvalue weighted by molar-refractivity contribution is -0.594. The maximum atomic E-state index is 2.26. The minimum atomic E-state index is 0.497. The molecule has 1 heterocycles. The standard InChI is InChI=1S/C21H25N2/c1-16(2)19-11-8-12-20(17(3)4)21(19)23-14-13-22(15-23)18-9-6-5-7-10-18/h5-17H,1-4H3/q+1. The van der Waals surface area contributed by atoms with Crippen LogP contribution in [0.15, 0.2) is 67.3 Å². The van der Waals surface area contributed by atoms with E-state index in [1.807, 2.05) is 6.07 Å². The predicted molar refractivity (Wildman–Crippen MR) is 95.5 cm³/mol. The molecule has 3 aromatic rings. The van der Waals surface area contributed by atoms with Gasteiger partial charge in [0.1, 0.15) is 23.8 Å². The number of imidazole rings is 1. The topological polar surface area (TPSA) is 8.81 Å². The van der Waals surface area contributed by atoms with E-state index in [4.69, 9.17) is 0 Å². The van der Waals surface area contributed by atoms with Gasteiger partial charge >= 0.3 is 0 Å². The number of nitrogens with zero attached hydrogens (tertiary/aromatic N) is 2. The first kappa shape index (κ1) is 15.5. The van der Waals surface area contributed by atoms with Gasteiger partial charge in [-0.1, -0.05) is 64.1 Å². The third-order valence-electron chi connectivity index (χ3n) is 4.29. The highest BCUT2D eigenvalue weighted by Gasteiger charge is 2.20. The molecule has 0 saturated carbocycles. The molecule has 0 spiro atoms. The van der Waals surface area contributed by atoms with Crippen molar-refractivity contribution in [3.05, 3.63) is 78.4 Å². The van der Waals surface area contributed by atoms with Gasteiger partial charge in [0.25, 0.3) is 6.33 Å². The summed E-state index contributed by atoms with van der Waals surface area (Å²) in [7, 11) is 0. The van der Waals surface area contributed by atoms with Gasteiger partial charge < -0.3 is 0 Å². The summed E-state index contributed by atoms with van der Waals surface area (Å²) < 4.78 is 4.43. The average molecular weight is 305 g/mol. The molecule has 23 heavy (non-hydrogen) atoms. The minimum Gasteiger partial charge on any atom is -0.202 e. The molecule has 0 unspecified atom stereocenters. The number of hydrogen-bond acceptors (Lipinski definition) is 0. The van der Waals surface area contributed by atoms with Gasteiger partial charge in [0, 0.05) is 11.1 Å². The van der Waals surface area contributed by atoms with Crippen LogP contribution in [0.5, 0.6) is 0 Å². The molecular weight excluding hydrogens is 280 g/mol. The molecule has 0 N–H and O–H groups in total. The summed E-state index contributed by atoms with van der Waals surface area (Å²) in [6.07, 6.45) is 6.44. The van der Waals surface area contributed by atoms with Crippen LogP contribution in [0.2, 0.25) is 0 Å². The van der Waals surface area contributed by atoms with Crippen molar-refractivity contribution in [1.29, 1.82) is 0 Å². The van der Waals surface area contributed by atoms with Gasteiger partial charge in [-0.2, -0.15) is 0 Å². The van der Waals surface area contributed by atoms with E-state index in [2.05, 4.69) is 98.0 Å². The summed E-state index contributed by atoms with van der Waals surface area (Å²) in [5.41, 5.74) is 5.30. The maximum absolute atomic E-state index is 2.26. The summed E-state index contributed by atoms with van der Waals surface area (Å²) in [5, 5.41) is 0. The largest absolute Gasteiger partial charge is 0.254 e. The van der Waals surface area contributed by atoms with Crippen molar-refractivity contribution in [1.82, 2.24) is 4.57 Å². The molecule has 0 aliphatic carbocycles. The summed E-state index contributed by atoms with van der Waals surface area (Å²) in [6, 6.07) is 17.1. The first-order valence-electron chi connectivity index (χ1n) is 8.35. The Morgan fingerprint density at radius 1 is 0.783 bits per heavy atom. The highest BCUT2D eigenvalue weighted by Crippen LogP contribution is 2.30. The Hall–Kier alpha value is -2.35. The van der Waals surface area contributed by atoms with Crippen LogP contribution in [0.4, 0.5) is 0 Å². The summed E-state index contributed by atoms with van der Waals surface area (Å²) in [5.74, 6) is 0.993. The van der Waals surface area contributed by atoms with Crippen molar-refractivity contribution in [3.8, 4) is 11.4 Å². The van der Waals surface area contributed by atoms with Crippen molar-refractivity contribution in [2.24, 2.45) is 0 Å². The summed E-state index contributed by atoms with van der Waals surface area (Å²) in [6.45, 7) is 9.05. The van der Waals surface area contributed by atoms with Gasteiger partial charge in [0.2, 0.25) is 0 Å². The molecular formula is C21H25N2+. The molecule has 118 valence electrons. The second-order valence-electron chi connectivity index (χ2n) is 6.66. The fourth-order valence-corrected chi connectivity index (χ4v) is 3.05. The Morgan fingerprint density at radius 2 is 1.39 bits per heavy atom. The van der Waals surface area contributed by atoms with Crippen LogP contribution in [0.3, 0.4) is 0 Å². The van der Waals surface area contributed by atoms with Crippen LogP contribution in [0.1, 0.15) is 50.7 Å². The maximum Gasteiger partial charge on any atom is 0.254 e. The van der Waals surface area contributed by atoms with E-state index in [1.54, 1.807) is 0 Å². The lowest BCUT2D eigenvalue weighted by atomic mass is 9.92. The molecule has 1 aromatic heterocycles. The van der Waals surface area contributed by atoms with Crippen molar-refractivity contribution >= 4 is 0 Å². The lowest BCUT2D eigenvalue weighted by Crippen LogP contribution is -2.27. The quantitative estimate of drug-likeness (QED) is 0.600. The Morgan fingerprint density at radius 3 is 1.96 bits per heavy atom. The van der Waals surface area contributed by atoms with Crippen LogP contribution in [-0.2, 0) is 0 Å². The Bertz CT molecular complexity index is 756. The lowest BCUT2D eigenvalue weighted by Gasteiger charge is -2.16. The zero-order valence-corrected chi connectivity index (χ0v) is 14.4. The van der Waals surface area contributed by atoms with Gasteiger partial charge in [-0.05, 0) is 24.0 Å². The van der Waals surface area contributed by atoms with E-state index in [0.29, 0.717) is 11.8 Å². The van der Waals surface area contributed by atoms with Crippen LogP contribution in [-0.4, -0.2) is 4.57 Å². The fraction of sp³-hybridized carbons (Fsp3) is 0.286. The van der Waals surface area contributed by atoms with Crippen molar-refractivity contribution in [2.75, 3.05) is 0 Å². The molecule has 2 heteroatoms. The van der Waals surface area contributed by atoms with Gasteiger partial charge in [-0.25, -0.2) is 9.13 Å². The first-order valence-corrected chi connectivity index (χ1v) is 8.35. The molecule has 3 rings (SSSR count). The fourth-order valence-electron chi connectivity index (χ4n) is 3.05. The minimum absolute atomic E-state index is 0.497. The Labute approximate surface area is 139 Å². The zero-order valence-electron chi connectivity index (χ0n) is 14.4. The smallest absolute Gasteiger partial charge is 0.202 e. The summed E-state index contributed by atoms with van der Waals surface area (Å²) in [4.78, 5) is 0. The van der Waals surface area contributed by atoms with E-state index in [9.17, 15) is 0 Å². The SMILES string of the molecule is CC(C)c1cccc(C(C)C)c1-n1cc[n+](-c2ccccc2)c1. The number of para-hydroxylation sites is 2. The van der Waals surface area contributed by atoms with E-state index in [0.717, 1.165) is 0 Å². The normalized spacial score (nSPS) is 11.4. The van der Waals surface area contributed by atoms with Crippen molar-refractivity contribution in [2.45, 2.75) is 39.5 Å². The number of rotatable bonds is 4. The molecule has 0 aliphatic heterocycles. The highest BCUT2D eigenvalue weighted by molar-refractivity contribution is 5.51. The molecule has 0 amide bonds. The summed E-state index contributed by atoms with van der Waals surface area (Å²) >= 11 is 0.